The van der Waals surface area contributed by atoms with Gasteiger partial charge < -0.3 is 4.48 Å². The van der Waals surface area contributed by atoms with Gasteiger partial charge in [0.05, 0.1) is 6.54 Å². The minimum atomic E-state index is 0.505. The topological polar surface area (TPSA) is 0 Å². The van der Waals surface area contributed by atoms with E-state index in [0.29, 0.717) is 5.54 Å². The van der Waals surface area contributed by atoms with Gasteiger partial charge in [-0.2, -0.15) is 0 Å². The van der Waals surface area contributed by atoms with Gasteiger partial charge in [0.2, 0.25) is 0 Å². The Hall–Kier alpha value is -0.820. The van der Waals surface area contributed by atoms with Crippen LogP contribution in [0.2, 0.25) is 0 Å². The molecule has 1 heteroatoms. The second kappa shape index (κ2) is 3.09. The maximum atomic E-state index is 2.37. The standard InChI is InChI=1S/C13H20N/c1-4-14(11-13(14,2)3)10-12-8-6-5-7-9-12/h5-9H,4,10-11H2,1-3H3/q+1. The molecule has 2 rings (SSSR count). The molecule has 0 amide bonds. The van der Waals surface area contributed by atoms with E-state index in [4.69, 9.17) is 0 Å². The van der Waals surface area contributed by atoms with Gasteiger partial charge in [0.1, 0.15) is 18.6 Å². The molecule has 0 aliphatic carbocycles. The van der Waals surface area contributed by atoms with Gasteiger partial charge in [0.15, 0.2) is 0 Å². The lowest BCUT2D eigenvalue weighted by atomic mass is 10.2. The molecule has 1 fully saturated rings. The molecular formula is C13H20N+. The molecule has 1 unspecified atom stereocenters. The Bertz CT molecular complexity index is 315. The molecular weight excluding hydrogens is 170 g/mol. The Balaban J connectivity index is 2.12. The van der Waals surface area contributed by atoms with Crippen molar-refractivity contribution in [3.63, 3.8) is 0 Å². The molecule has 0 spiro atoms. The van der Waals surface area contributed by atoms with Gasteiger partial charge in [-0.15, -0.1) is 0 Å². The first-order valence-corrected chi connectivity index (χ1v) is 5.50. The summed E-state index contributed by atoms with van der Waals surface area (Å²) in [6.45, 7) is 10.8. The van der Waals surface area contributed by atoms with E-state index in [-0.39, 0.29) is 0 Å². The Morgan fingerprint density at radius 2 is 1.79 bits per heavy atom. The van der Waals surface area contributed by atoms with Crippen molar-refractivity contribution in [2.75, 3.05) is 13.1 Å². The maximum absolute atomic E-state index is 2.37. The third-order valence-electron chi connectivity index (χ3n) is 3.80. The summed E-state index contributed by atoms with van der Waals surface area (Å²) in [5, 5.41) is 0. The van der Waals surface area contributed by atoms with Crippen molar-refractivity contribution < 1.29 is 4.48 Å². The highest BCUT2D eigenvalue weighted by atomic mass is 15.5. The molecule has 14 heavy (non-hydrogen) atoms. The first-order valence-electron chi connectivity index (χ1n) is 5.50. The van der Waals surface area contributed by atoms with Crippen molar-refractivity contribution in [1.82, 2.24) is 0 Å². The zero-order valence-electron chi connectivity index (χ0n) is 9.46. The average molecular weight is 190 g/mol. The second-order valence-electron chi connectivity index (χ2n) is 5.08. The van der Waals surface area contributed by atoms with Crippen LogP contribution >= 0.6 is 0 Å². The number of hydrogen-bond acceptors (Lipinski definition) is 0. The van der Waals surface area contributed by atoms with Crippen molar-refractivity contribution in [2.24, 2.45) is 0 Å². The average Bonchev–Trinajstić information content (AvgIpc) is 2.70. The van der Waals surface area contributed by atoms with Crippen LogP contribution < -0.4 is 0 Å². The minimum Gasteiger partial charge on any atom is -0.306 e. The van der Waals surface area contributed by atoms with Gasteiger partial charge in [0, 0.05) is 5.56 Å². The number of likely N-dealkylation sites (N-methyl/N-ethyl adjacent to an activating group) is 1. The van der Waals surface area contributed by atoms with E-state index in [1.807, 2.05) is 0 Å². The Labute approximate surface area is 86.9 Å². The summed E-state index contributed by atoms with van der Waals surface area (Å²) >= 11 is 0. The van der Waals surface area contributed by atoms with Crippen LogP contribution in [0.15, 0.2) is 30.3 Å². The molecule has 1 heterocycles. The second-order valence-corrected chi connectivity index (χ2v) is 5.08. The molecule has 1 aromatic carbocycles. The number of hydrogen-bond donors (Lipinski definition) is 0. The van der Waals surface area contributed by atoms with E-state index in [9.17, 15) is 0 Å². The largest absolute Gasteiger partial charge is 0.306 e. The van der Waals surface area contributed by atoms with Crippen molar-refractivity contribution in [3.05, 3.63) is 35.9 Å². The molecule has 1 aromatic rings. The number of quaternary nitrogens is 1. The molecule has 1 atom stereocenters. The van der Waals surface area contributed by atoms with E-state index in [1.165, 1.54) is 29.7 Å². The maximum Gasteiger partial charge on any atom is 0.143 e. The normalized spacial score (nSPS) is 28.8. The van der Waals surface area contributed by atoms with Crippen LogP contribution in [0.1, 0.15) is 26.3 Å². The SMILES string of the molecule is CC[N+]1(Cc2ccccc2)CC1(C)C. The van der Waals surface area contributed by atoms with Crippen molar-refractivity contribution in [2.45, 2.75) is 32.9 Å². The lowest BCUT2D eigenvalue weighted by Crippen LogP contribution is -2.32. The fraction of sp³-hybridized carbons (Fsp3) is 0.538. The van der Waals surface area contributed by atoms with Gasteiger partial charge in [-0.3, -0.25) is 0 Å². The van der Waals surface area contributed by atoms with Crippen molar-refractivity contribution in [1.29, 1.82) is 0 Å². The van der Waals surface area contributed by atoms with E-state index < -0.39 is 0 Å². The summed E-state index contributed by atoms with van der Waals surface area (Å²) in [6, 6.07) is 10.8. The fourth-order valence-corrected chi connectivity index (χ4v) is 2.56. The first-order chi connectivity index (χ1) is 6.60. The molecule has 0 radical (unpaired) electrons. The third kappa shape index (κ3) is 1.46. The predicted molar refractivity (Wildman–Crippen MR) is 59.9 cm³/mol. The van der Waals surface area contributed by atoms with E-state index >= 15 is 0 Å². The Morgan fingerprint density at radius 3 is 2.21 bits per heavy atom. The highest BCUT2D eigenvalue weighted by Gasteiger charge is 2.61. The van der Waals surface area contributed by atoms with Gasteiger partial charge in [0.25, 0.3) is 0 Å². The fourth-order valence-electron chi connectivity index (χ4n) is 2.56. The van der Waals surface area contributed by atoms with Gasteiger partial charge in [-0.1, -0.05) is 30.3 Å². The summed E-state index contributed by atoms with van der Waals surface area (Å²) in [5.41, 5.74) is 1.98. The molecule has 1 saturated heterocycles. The number of rotatable bonds is 3. The molecule has 0 aromatic heterocycles. The summed E-state index contributed by atoms with van der Waals surface area (Å²) in [4.78, 5) is 0. The number of benzene rings is 1. The monoisotopic (exact) mass is 190 g/mol. The van der Waals surface area contributed by atoms with Gasteiger partial charge in [-0.25, -0.2) is 0 Å². The summed E-state index contributed by atoms with van der Waals surface area (Å²) in [6.07, 6.45) is 0. The Morgan fingerprint density at radius 1 is 1.21 bits per heavy atom. The first kappa shape index (κ1) is 9.72. The van der Waals surface area contributed by atoms with Gasteiger partial charge >= 0.3 is 0 Å². The quantitative estimate of drug-likeness (QED) is 0.508. The van der Waals surface area contributed by atoms with Crippen LogP contribution in [0.25, 0.3) is 0 Å². The van der Waals surface area contributed by atoms with E-state index in [0.717, 1.165) is 0 Å². The van der Waals surface area contributed by atoms with Crippen LogP contribution in [0, 0.1) is 0 Å². The lowest BCUT2D eigenvalue weighted by molar-refractivity contribution is -0.839. The summed E-state index contributed by atoms with van der Waals surface area (Å²) < 4.78 is 1.26. The smallest absolute Gasteiger partial charge is 0.143 e. The zero-order chi connectivity index (χ0) is 10.2. The van der Waals surface area contributed by atoms with Crippen LogP contribution in [0.3, 0.4) is 0 Å². The highest BCUT2D eigenvalue weighted by Crippen LogP contribution is 2.43. The van der Waals surface area contributed by atoms with Crippen molar-refractivity contribution in [3.8, 4) is 0 Å². The summed E-state index contributed by atoms with van der Waals surface area (Å²) in [7, 11) is 0. The number of nitrogens with zero attached hydrogens (tertiary/aromatic N) is 1. The van der Waals surface area contributed by atoms with Crippen LogP contribution in [0.5, 0.6) is 0 Å². The van der Waals surface area contributed by atoms with Gasteiger partial charge in [-0.05, 0) is 20.8 Å². The van der Waals surface area contributed by atoms with Crippen LogP contribution in [-0.4, -0.2) is 23.1 Å². The Kier molecular flexibility index (Phi) is 2.15. The minimum absolute atomic E-state index is 0.505. The predicted octanol–water partition coefficient (Wildman–Crippen LogP) is 2.82. The molecule has 0 saturated carbocycles. The highest BCUT2D eigenvalue weighted by molar-refractivity contribution is 5.14. The molecule has 0 bridgehead atoms. The molecule has 76 valence electrons. The molecule has 0 N–H and O–H groups in total. The van der Waals surface area contributed by atoms with E-state index in [2.05, 4.69) is 51.1 Å². The van der Waals surface area contributed by atoms with Crippen LogP contribution in [0.4, 0.5) is 0 Å². The van der Waals surface area contributed by atoms with E-state index in [1.54, 1.807) is 0 Å². The van der Waals surface area contributed by atoms with Crippen molar-refractivity contribution >= 4 is 0 Å². The summed E-state index contributed by atoms with van der Waals surface area (Å²) in [5.74, 6) is 0. The molecule has 1 aliphatic rings. The lowest BCUT2D eigenvalue weighted by Gasteiger charge is -2.21. The zero-order valence-corrected chi connectivity index (χ0v) is 9.46. The third-order valence-corrected chi connectivity index (χ3v) is 3.80. The molecule has 1 aliphatic heterocycles. The molecule has 1 nitrogen and oxygen atoms in total. The van der Waals surface area contributed by atoms with Crippen LogP contribution in [-0.2, 0) is 6.54 Å².